The van der Waals surface area contributed by atoms with Gasteiger partial charge in [0.25, 0.3) is 0 Å². The highest BCUT2D eigenvalue weighted by atomic mass is 35.5. The first-order valence-electron chi connectivity index (χ1n) is 11.9. The van der Waals surface area contributed by atoms with Crippen LogP contribution >= 0.6 is 11.6 Å². The summed E-state index contributed by atoms with van der Waals surface area (Å²) < 4.78 is 26.9. The number of rotatable bonds is 11. The van der Waals surface area contributed by atoms with Gasteiger partial charge in [0.05, 0.1) is 11.9 Å². The minimum Gasteiger partial charge on any atom is -0.354 e. The van der Waals surface area contributed by atoms with Crippen molar-refractivity contribution in [1.29, 1.82) is 0 Å². The van der Waals surface area contributed by atoms with Gasteiger partial charge in [-0.15, -0.1) is 0 Å². The van der Waals surface area contributed by atoms with Crippen LogP contribution < -0.4 is 9.62 Å². The summed E-state index contributed by atoms with van der Waals surface area (Å²) >= 11 is 6.02. The molecule has 3 rings (SSSR count). The van der Waals surface area contributed by atoms with E-state index < -0.39 is 28.5 Å². The third-order valence-corrected chi connectivity index (χ3v) is 7.29. The van der Waals surface area contributed by atoms with E-state index in [4.69, 9.17) is 11.6 Å². The number of halogens is 1. The van der Waals surface area contributed by atoms with Gasteiger partial charge < -0.3 is 10.2 Å². The molecule has 0 aromatic heterocycles. The molecule has 1 N–H and O–H groups in total. The highest BCUT2D eigenvalue weighted by Crippen LogP contribution is 2.29. The van der Waals surface area contributed by atoms with Crippen molar-refractivity contribution in [3.05, 3.63) is 77.3 Å². The fraction of sp³-hybridized carbons (Fsp3) is 0.333. The van der Waals surface area contributed by atoms with Crippen molar-refractivity contribution in [3.63, 3.8) is 0 Å². The Morgan fingerprint density at radius 1 is 0.972 bits per heavy atom. The molecule has 36 heavy (non-hydrogen) atoms. The Kier molecular flexibility index (Phi) is 9.34. The van der Waals surface area contributed by atoms with Crippen LogP contribution in [0.5, 0.6) is 0 Å². The van der Waals surface area contributed by atoms with Crippen molar-refractivity contribution in [2.24, 2.45) is 0 Å². The number of nitrogens with one attached hydrogen (secondary N) is 1. The molecule has 0 saturated carbocycles. The summed E-state index contributed by atoms with van der Waals surface area (Å²) in [6.45, 7) is 3.98. The van der Waals surface area contributed by atoms with Gasteiger partial charge in [-0.1, -0.05) is 74.0 Å². The van der Waals surface area contributed by atoms with Crippen LogP contribution in [0.25, 0.3) is 10.8 Å². The summed E-state index contributed by atoms with van der Waals surface area (Å²) in [6.07, 6.45) is 2.22. The normalized spacial score (nSPS) is 12.2. The van der Waals surface area contributed by atoms with Crippen molar-refractivity contribution >= 4 is 49.9 Å². The minimum atomic E-state index is -3.82. The van der Waals surface area contributed by atoms with Crippen LogP contribution in [0.15, 0.2) is 66.7 Å². The molecule has 1 atom stereocenters. The lowest BCUT2D eigenvalue weighted by atomic mass is 10.1. The molecule has 3 aromatic rings. The maximum Gasteiger partial charge on any atom is 0.244 e. The number of fused-ring (bicyclic) bond motifs is 1. The lowest BCUT2D eigenvalue weighted by molar-refractivity contribution is -0.140. The van der Waals surface area contributed by atoms with E-state index >= 15 is 0 Å². The molecule has 0 spiro atoms. The second-order valence-corrected chi connectivity index (χ2v) is 11.0. The number of anilines is 1. The highest BCUT2D eigenvalue weighted by molar-refractivity contribution is 7.92. The fourth-order valence-corrected chi connectivity index (χ4v) is 5.08. The van der Waals surface area contributed by atoms with Gasteiger partial charge in [0.15, 0.2) is 0 Å². The summed E-state index contributed by atoms with van der Waals surface area (Å²) in [7, 11) is -3.82. The first kappa shape index (κ1) is 27.5. The first-order chi connectivity index (χ1) is 17.2. The molecule has 0 heterocycles. The number of amides is 2. The molecular formula is C27H32ClN3O4S. The fourth-order valence-electron chi connectivity index (χ4n) is 4.09. The average molecular weight is 530 g/mol. The predicted molar refractivity (Wildman–Crippen MR) is 146 cm³/mol. The third-order valence-electron chi connectivity index (χ3n) is 5.92. The smallest absolute Gasteiger partial charge is 0.244 e. The van der Waals surface area contributed by atoms with E-state index in [1.165, 1.54) is 4.90 Å². The number of hydrogen-bond acceptors (Lipinski definition) is 4. The number of carbonyl (C=O) groups excluding carboxylic acids is 2. The molecule has 0 aliphatic heterocycles. The number of carbonyl (C=O) groups is 2. The van der Waals surface area contributed by atoms with E-state index in [0.717, 1.165) is 33.3 Å². The number of benzene rings is 3. The lowest BCUT2D eigenvalue weighted by Crippen LogP contribution is -2.52. The van der Waals surface area contributed by atoms with Crippen molar-refractivity contribution in [1.82, 2.24) is 10.2 Å². The zero-order valence-electron chi connectivity index (χ0n) is 20.8. The Bertz CT molecular complexity index is 1310. The van der Waals surface area contributed by atoms with E-state index in [1.54, 1.807) is 36.4 Å². The van der Waals surface area contributed by atoms with Crippen LogP contribution in [-0.4, -0.2) is 50.5 Å². The van der Waals surface area contributed by atoms with Crippen LogP contribution in [0, 0.1) is 0 Å². The van der Waals surface area contributed by atoms with Crippen LogP contribution in [0.4, 0.5) is 5.69 Å². The average Bonchev–Trinajstić information content (AvgIpc) is 2.86. The second kappa shape index (κ2) is 12.2. The van der Waals surface area contributed by atoms with Gasteiger partial charge in [-0.2, -0.15) is 0 Å². The number of nitrogens with zero attached hydrogens (tertiary/aromatic N) is 2. The van der Waals surface area contributed by atoms with Crippen LogP contribution in [0.3, 0.4) is 0 Å². The zero-order chi connectivity index (χ0) is 26.3. The Labute approximate surface area is 218 Å². The van der Waals surface area contributed by atoms with Gasteiger partial charge in [-0.05, 0) is 42.0 Å². The van der Waals surface area contributed by atoms with Gasteiger partial charge in [-0.25, -0.2) is 8.42 Å². The Morgan fingerprint density at radius 3 is 2.28 bits per heavy atom. The Morgan fingerprint density at radius 2 is 1.64 bits per heavy atom. The molecule has 0 radical (unpaired) electrons. The highest BCUT2D eigenvalue weighted by Gasteiger charge is 2.32. The molecule has 2 amide bonds. The number of sulfonamides is 1. The van der Waals surface area contributed by atoms with Crippen molar-refractivity contribution in [3.8, 4) is 0 Å². The Hall–Kier alpha value is -3.10. The lowest BCUT2D eigenvalue weighted by Gasteiger charge is -2.33. The Balaban J connectivity index is 2.00. The van der Waals surface area contributed by atoms with Gasteiger partial charge in [0.1, 0.15) is 12.6 Å². The SMILES string of the molecule is CCCNC(=O)C(CC)N(Cc1ccc(Cl)cc1)C(=O)CN(c1cccc2ccccc12)S(C)(=O)=O. The summed E-state index contributed by atoms with van der Waals surface area (Å²) in [5.41, 5.74) is 1.20. The third kappa shape index (κ3) is 6.77. The van der Waals surface area contributed by atoms with Crippen molar-refractivity contribution in [2.75, 3.05) is 23.7 Å². The molecule has 1 unspecified atom stereocenters. The van der Waals surface area contributed by atoms with E-state index in [1.807, 2.05) is 44.2 Å². The van der Waals surface area contributed by atoms with E-state index in [-0.39, 0.29) is 12.5 Å². The molecule has 0 saturated heterocycles. The van der Waals surface area contributed by atoms with Crippen molar-refractivity contribution < 1.29 is 18.0 Å². The molecule has 0 bridgehead atoms. The van der Waals surface area contributed by atoms with Gasteiger partial charge in [0, 0.05) is 23.5 Å². The van der Waals surface area contributed by atoms with Gasteiger partial charge in [-0.3, -0.25) is 13.9 Å². The van der Waals surface area contributed by atoms with Crippen LogP contribution in [-0.2, 0) is 26.2 Å². The maximum atomic E-state index is 13.8. The summed E-state index contributed by atoms with van der Waals surface area (Å²) in [5.74, 6) is -0.737. The molecular weight excluding hydrogens is 498 g/mol. The summed E-state index contributed by atoms with van der Waals surface area (Å²) in [6, 6.07) is 19.0. The van der Waals surface area contributed by atoms with E-state index in [0.29, 0.717) is 23.7 Å². The van der Waals surface area contributed by atoms with E-state index in [9.17, 15) is 18.0 Å². The summed E-state index contributed by atoms with van der Waals surface area (Å²) in [4.78, 5) is 28.2. The predicted octanol–water partition coefficient (Wildman–Crippen LogP) is 4.59. The monoisotopic (exact) mass is 529 g/mol. The molecule has 0 aliphatic carbocycles. The minimum absolute atomic E-state index is 0.140. The zero-order valence-corrected chi connectivity index (χ0v) is 22.3. The number of hydrogen-bond donors (Lipinski definition) is 1. The molecule has 7 nitrogen and oxygen atoms in total. The quantitative estimate of drug-likeness (QED) is 0.393. The first-order valence-corrected chi connectivity index (χ1v) is 14.2. The van der Waals surface area contributed by atoms with Crippen LogP contribution in [0.1, 0.15) is 32.3 Å². The largest absolute Gasteiger partial charge is 0.354 e. The van der Waals surface area contributed by atoms with Crippen molar-refractivity contribution in [2.45, 2.75) is 39.3 Å². The topological polar surface area (TPSA) is 86.8 Å². The molecule has 0 fully saturated rings. The second-order valence-electron chi connectivity index (χ2n) is 8.63. The van der Waals surface area contributed by atoms with Gasteiger partial charge in [0.2, 0.25) is 21.8 Å². The van der Waals surface area contributed by atoms with E-state index in [2.05, 4.69) is 5.32 Å². The molecule has 192 valence electrons. The standard InChI is InChI=1S/C27H32ClN3O4S/c1-4-17-29-27(33)24(5-2)30(18-20-13-15-22(28)16-14-20)26(32)19-31(36(3,34)35)25-12-8-10-21-9-6-7-11-23(21)25/h6-16,24H,4-5,17-19H2,1-3H3,(H,29,33). The van der Waals surface area contributed by atoms with Crippen LogP contribution in [0.2, 0.25) is 5.02 Å². The maximum absolute atomic E-state index is 13.8. The molecule has 0 aliphatic rings. The molecule has 3 aromatic carbocycles. The summed E-state index contributed by atoms with van der Waals surface area (Å²) in [5, 5.41) is 5.00. The molecule has 9 heteroatoms. The van der Waals surface area contributed by atoms with Gasteiger partial charge >= 0.3 is 0 Å².